The molecule has 1 heterocycles. The summed E-state index contributed by atoms with van der Waals surface area (Å²) >= 11 is 1.07. The van der Waals surface area contributed by atoms with Crippen LogP contribution < -0.4 is 0 Å². The van der Waals surface area contributed by atoms with E-state index in [0.717, 1.165) is 11.3 Å². The highest BCUT2D eigenvalue weighted by molar-refractivity contribution is 7.17. The largest absolute Gasteiger partial charge is 0.287 e. The highest BCUT2D eigenvalue weighted by Crippen LogP contribution is 2.34. The molecule has 0 N–H and O–H groups in total. The lowest BCUT2D eigenvalue weighted by atomic mass is 10.2. The van der Waals surface area contributed by atoms with Crippen molar-refractivity contribution >= 4 is 27.1 Å². The number of benzene rings is 1. The maximum atomic E-state index is 13.5. The van der Waals surface area contributed by atoms with Crippen LogP contribution in [0.4, 0.5) is 10.1 Å². The highest BCUT2D eigenvalue weighted by atomic mass is 32.1. The van der Waals surface area contributed by atoms with Gasteiger partial charge in [0.05, 0.1) is 20.4 Å². The Morgan fingerprint density at radius 3 is 2.86 bits per heavy atom. The maximum absolute atomic E-state index is 13.5. The Balaban J connectivity index is 2.83. The van der Waals surface area contributed by atoms with Gasteiger partial charge in [-0.05, 0) is 18.6 Å². The molecule has 3 nitrogen and oxygen atoms in total. The van der Waals surface area contributed by atoms with E-state index in [-0.39, 0.29) is 11.5 Å². The topological polar surface area (TPSA) is 43.1 Å². The van der Waals surface area contributed by atoms with Gasteiger partial charge in [-0.2, -0.15) is 0 Å². The predicted octanol–water partition coefficient (Wildman–Crippen LogP) is 3.26. The summed E-state index contributed by atoms with van der Waals surface area (Å²) in [6.45, 7) is 1.64. The van der Waals surface area contributed by atoms with E-state index in [4.69, 9.17) is 0 Å². The zero-order valence-electron chi connectivity index (χ0n) is 7.28. The Hall–Kier alpha value is -1.49. The van der Waals surface area contributed by atoms with Gasteiger partial charge in [0.2, 0.25) is 0 Å². The molecule has 0 bridgehead atoms. The molecule has 0 atom stereocenters. The summed E-state index contributed by atoms with van der Waals surface area (Å²) in [6.07, 6.45) is 0. The Morgan fingerprint density at radius 1 is 1.50 bits per heavy atom. The summed E-state index contributed by atoms with van der Waals surface area (Å²) in [5.41, 5.74) is 0.484. The van der Waals surface area contributed by atoms with Crippen LogP contribution in [0.25, 0.3) is 10.1 Å². The van der Waals surface area contributed by atoms with Gasteiger partial charge in [0, 0.05) is 0 Å². The predicted molar refractivity (Wildman–Crippen MR) is 53.2 cm³/mol. The summed E-state index contributed by atoms with van der Waals surface area (Å²) in [5, 5.41) is 12.3. The van der Waals surface area contributed by atoms with Crippen molar-refractivity contribution in [1.29, 1.82) is 0 Å². The molecule has 0 spiro atoms. The summed E-state index contributed by atoms with van der Waals surface area (Å²) in [5.74, 6) is -0.361. The summed E-state index contributed by atoms with van der Waals surface area (Å²) in [6, 6.07) is 3.14. The molecule has 0 aliphatic rings. The van der Waals surface area contributed by atoms with Gasteiger partial charge >= 0.3 is 0 Å². The number of hydrogen-bond acceptors (Lipinski definition) is 3. The molecule has 0 aliphatic heterocycles. The van der Waals surface area contributed by atoms with Gasteiger partial charge in [0.25, 0.3) is 5.69 Å². The minimum Gasteiger partial charge on any atom is -0.258 e. The van der Waals surface area contributed by atoms with Crippen LogP contribution in [0.2, 0.25) is 0 Å². The van der Waals surface area contributed by atoms with Crippen LogP contribution in [0.3, 0.4) is 0 Å². The van der Waals surface area contributed by atoms with Crippen molar-refractivity contribution in [3.8, 4) is 0 Å². The van der Waals surface area contributed by atoms with Crippen molar-refractivity contribution in [2.45, 2.75) is 6.92 Å². The van der Waals surface area contributed by atoms with Gasteiger partial charge < -0.3 is 0 Å². The average Bonchev–Trinajstić information content (AvgIpc) is 2.55. The first-order valence-electron chi connectivity index (χ1n) is 3.92. The molecule has 0 radical (unpaired) electrons. The second kappa shape index (κ2) is 3.02. The summed E-state index contributed by atoms with van der Waals surface area (Å²) < 4.78 is 13.8. The first-order chi connectivity index (χ1) is 6.61. The van der Waals surface area contributed by atoms with Crippen LogP contribution in [0.1, 0.15) is 5.56 Å². The molecular formula is C9H6FNO2S. The highest BCUT2D eigenvalue weighted by Gasteiger charge is 2.17. The monoisotopic (exact) mass is 211 g/mol. The third-order valence-electron chi connectivity index (χ3n) is 2.05. The van der Waals surface area contributed by atoms with E-state index in [0.29, 0.717) is 15.6 Å². The number of hydrogen-bond donors (Lipinski definition) is 0. The molecule has 1 aromatic heterocycles. The van der Waals surface area contributed by atoms with Gasteiger partial charge in [0.1, 0.15) is 5.82 Å². The van der Waals surface area contributed by atoms with Gasteiger partial charge in [-0.3, -0.25) is 10.1 Å². The third-order valence-corrected chi connectivity index (χ3v) is 3.03. The minimum atomic E-state index is -0.492. The van der Waals surface area contributed by atoms with Crippen LogP contribution in [0, 0.1) is 22.9 Å². The summed E-state index contributed by atoms with van der Waals surface area (Å²) in [4.78, 5) is 10.1. The number of rotatable bonds is 1. The maximum Gasteiger partial charge on any atom is 0.287 e. The van der Waals surface area contributed by atoms with E-state index < -0.39 is 4.92 Å². The molecule has 0 saturated heterocycles. The molecule has 0 amide bonds. The van der Waals surface area contributed by atoms with E-state index in [1.54, 1.807) is 19.1 Å². The molecule has 0 fully saturated rings. The smallest absolute Gasteiger partial charge is 0.258 e. The fourth-order valence-corrected chi connectivity index (χ4v) is 2.30. The Kier molecular flexibility index (Phi) is 1.96. The molecule has 0 saturated carbocycles. The molecule has 72 valence electrons. The van der Waals surface area contributed by atoms with Gasteiger partial charge in [-0.15, -0.1) is 11.3 Å². The van der Waals surface area contributed by atoms with Crippen molar-refractivity contribution in [3.63, 3.8) is 0 Å². The normalized spacial score (nSPS) is 10.7. The van der Waals surface area contributed by atoms with Gasteiger partial charge in [-0.25, -0.2) is 4.39 Å². The first-order valence-corrected chi connectivity index (χ1v) is 4.80. The first kappa shape index (κ1) is 9.08. The molecule has 0 aliphatic carbocycles. The van der Waals surface area contributed by atoms with Crippen LogP contribution in [-0.2, 0) is 0 Å². The number of nitro groups is 1. The van der Waals surface area contributed by atoms with Gasteiger partial charge in [0.15, 0.2) is 0 Å². The van der Waals surface area contributed by atoms with E-state index in [1.807, 2.05) is 0 Å². The van der Waals surface area contributed by atoms with E-state index in [9.17, 15) is 14.5 Å². The molecule has 2 aromatic rings. The molecule has 2 rings (SSSR count). The van der Waals surface area contributed by atoms with Crippen molar-refractivity contribution < 1.29 is 9.31 Å². The Labute approximate surface area is 82.9 Å². The second-order valence-electron chi connectivity index (χ2n) is 2.95. The van der Waals surface area contributed by atoms with Crippen molar-refractivity contribution in [3.05, 3.63) is 39.0 Å². The summed E-state index contributed by atoms with van der Waals surface area (Å²) in [7, 11) is 0. The molecule has 1 aromatic carbocycles. The third kappa shape index (κ3) is 1.17. The quantitative estimate of drug-likeness (QED) is 0.536. The standard InChI is InChI=1S/C9H6FNO2S/c1-5-2-3-6-7(11(12)13)4-14-9(6)8(5)10/h2-4H,1H3. The van der Waals surface area contributed by atoms with Crippen molar-refractivity contribution in [1.82, 2.24) is 0 Å². The number of nitrogens with zero attached hydrogens (tertiary/aromatic N) is 1. The number of fused-ring (bicyclic) bond motifs is 1. The zero-order chi connectivity index (χ0) is 10.3. The molecule has 0 unspecified atom stereocenters. The SMILES string of the molecule is Cc1ccc2c([N+](=O)[O-])csc2c1F. The number of aryl methyl sites for hydroxylation is 1. The average molecular weight is 211 g/mol. The van der Waals surface area contributed by atoms with Crippen LogP contribution in [-0.4, -0.2) is 4.92 Å². The van der Waals surface area contributed by atoms with E-state index in [1.165, 1.54) is 5.38 Å². The van der Waals surface area contributed by atoms with Gasteiger partial charge in [-0.1, -0.05) is 6.07 Å². The Bertz CT molecular complexity index is 521. The molecular weight excluding hydrogens is 205 g/mol. The van der Waals surface area contributed by atoms with Crippen molar-refractivity contribution in [2.24, 2.45) is 0 Å². The lowest BCUT2D eigenvalue weighted by Crippen LogP contribution is -1.86. The number of halogens is 1. The lowest BCUT2D eigenvalue weighted by Gasteiger charge is -1.95. The fourth-order valence-electron chi connectivity index (χ4n) is 1.29. The van der Waals surface area contributed by atoms with Crippen LogP contribution >= 0.6 is 11.3 Å². The Morgan fingerprint density at radius 2 is 2.21 bits per heavy atom. The second-order valence-corrected chi connectivity index (χ2v) is 3.83. The lowest BCUT2D eigenvalue weighted by molar-refractivity contribution is -0.382. The minimum absolute atomic E-state index is 0.0242. The zero-order valence-corrected chi connectivity index (χ0v) is 8.10. The van der Waals surface area contributed by atoms with Crippen LogP contribution in [0.5, 0.6) is 0 Å². The molecule has 14 heavy (non-hydrogen) atoms. The van der Waals surface area contributed by atoms with Crippen LogP contribution in [0.15, 0.2) is 17.5 Å². The van der Waals surface area contributed by atoms with Crippen molar-refractivity contribution in [2.75, 3.05) is 0 Å². The molecule has 5 heteroatoms. The fraction of sp³-hybridized carbons (Fsp3) is 0.111. The van der Waals surface area contributed by atoms with E-state index >= 15 is 0 Å². The number of thiophene rings is 1. The van der Waals surface area contributed by atoms with E-state index in [2.05, 4.69) is 0 Å².